The quantitative estimate of drug-likeness (QED) is 0.740. The lowest BCUT2D eigenvalue weighted by molar-refractivity contribution is 0.167. The summed E-state index contributed by atoms with van der Waals surface area (Å²) < 4.78 is 0. The maximum absolute atomic E-state index is 4.05. The van der Waals surface area contributed by atoms with E-state index in [2.05, 4.69) is 61.7 Å². The molecule has 18 heavy (non-hydrogen) atoms. The van der Waals surface area contributed by atoms with Gasteiger partial charge in [0, 0.05) is 43.8 Å². The number of hydrogen-bond acceptors (Lipinski definition) is 3. The molecule has 0 N–H and O–H groups in total. The zero-order chi connectivity index (χ0) is 13.5. The van der Waals surface area contributed by atoms with Gasteiger partial charge in [-0.15, -0.1) is 0 Å². The van der Waals surface area contributed by atoms with Crippen molar-refractivity contribution in [3.63, 3.8) is 0 Å². The summed E-state index contributed by atoms with van der Waals surface area (Å²) in [5.74, 6) is 0. The highest BCUT2D eigenvalue weighted by Crippen LogP contribution is 2.13. The summed E-state index contributed by atoms with van der Waals surface area (Å²) >= 11 is 0. The Balaban J connectivity index is 2.45. The van der Waals surface area contributed by atoms with E-state index in [1.807, 2.05) is 12.4 Å². The predicted octanol–water partition coefficient (Wildman–Crippen LogP) is 3.03. The third-order valence-corrected chi connectivity index (χ3v) is 3.58. The molecule has 3 nitrogen and oxygen atoms in total. The number of hydrogen-bond donors (Lipinski definition) is 0. The minimum Gasteiger partial charge on any atom is -0.374 e. The first-order valence-corrected chi connectivity index (χ1v) is 6.93. The molecular weight excluding hydrogens is 222 g/mol. The Morgan fingerprint density at radius 2 is 1.78 bits per heavy atom. The van der Waals surface area contributed by atoms with Crippen LogP contribution in [-0.2, 0) is 0 Å². The lowest BCUT2D eigenvalue weighted by atomic mass is 10.1. The fourth-order valence-electron chi connectivity index (χ4n) is 2.46. The van der Waals surface area contributed by atoms with E-state index < -0.39 is 0 Å². The molecule has 1 aromatic heterocycles. The van der Waals surface area contributed by atoms with Crippen LogP contribution in [0.2, 0.25) is 0 Å². The summed E-state index contributed by atoms with van der Waals surface area (Å²) in [4.78, 5) is 8.89. The number of anilines is 1. The monoisotopic (exact) mass is 249 g/mol. The molecule has 0 saturated carbocycles. The third kappa shape index (κ3) is 4.30. The van der Waals surface area contributed by atoms with Crippen LogP contribution in [0.5, 0.6) is 0 Å². The molecular formula is C15H27N3. The van der Waals surface area contributed by atoms with Crippen LogP contribution in [0.25, 0.3) is 0 Å². The van der Waals surface area contributed by atoms with Crippen molar-refractivity contribution in [2.24, 2.45) is 0 Å². The van der Waals surface area contributed by atoms with Gasteiger partial charge in [0.15, 0.2) is 0 Å². The first kappa shape index (κ1) is 15.0. The summed E-state index contributed by atoms with van der Waals surface area (Å²) in [6.45, 7) is 11.3. The second kappa shape index (κ2) is 7.37. The van der Waals surface area contributed by atoms with Gasteiger partial charge in [-0.05, 0) is 45.9 Å². The summed E-state index contributed by atoms with van der Waals surface area (Å²) in [5.41, 5.74) is 1.24. The molecule has 1 rings (SSSR count). The average molecular weight is 249 g/mol. The van der Waals surface area contributed by atoms with Gasteiger partial charge in [0.1, 0.15) is 0 Å². The Morgan fingerprint density at radius 3 is 2.28 bits per heavy atom. The summed E-state index contributed by atoms with van der Waals surface area (Å²) in [6, 6.07) is 5.37. The van der Waals surface area contributed by atoms with Gasteiger partial charge in [-0.2, -0.15) is 0 Å². The molecule has 1 unspecified atom stereocenters. The van der Waals surface area contributed by atoms with Crippen molar-refractivity contribution in [1.29, 1.82) is 0 Å². The molecule has 102 valence electrons. The molecule has 0 saturated heterocycles. The molecule has 0 aromatic carbocycles. The standard InChI is InChI=1S/C15H27N3/c1-6-18(13(2)3)14(4)9-12-17(5)15-7-10-16-11-8-15/h7-8,10-11,13-14H,6,9,12H2,1-5H3. The van der Waals surface area contributed by atoms with Gasteiger partial charge < -0.3 is 4.90 Å². The van der Waals surface area contributed by atoms with E-state index >= 15 is 0 Å². The van der Waals surface area contributed by atoms with Crippen LogP contribution >= 0.6 is 0 Å². The highest BCUT2D eigenvalue weighted by Gasteiger charge is 2.15. The molecule has 0 fully saturated rings. The fourth-order valence-corrected chi connectivity index (χ4v) is 2.46. The van der Waals surface area contributed by atoms with Crippen LogP contribution < -0.4 is 4.90 Å². The van der Waals surface area contributed by atoms with Crippen LogP contribution in [0.4, 0.5) is 5.69 Å². The van der Waals surface area contributed by atoms with Crippen LogP contribution in [0.3, 0.4) is 0 Å². The van der Waals surface area contributed by atoms with Crippen LogP contribution in [0, 0.1) is 0 Å². The molecule has 1 heterocycles. The van der Waals surface area contributed by atoms with Crippen LogP contribution in [0.1, 0.15) is 34.1 Å². The van der Waals surface area contributed by atoms with E-state index in [4.69, 9.17) is 0 Å². The van der Waals surface area contributed by atoms with Crippen molar-refractivity contribution in [2.45, 2.75) is 46.2 Å². The minimum absolute atomic E-state index is 0.622. The summed E-state index contributed by atoms with van der Waals surface area (Å²) in [5, 5.41) is 0. The van der Waals surface area contributed by atoms with E-state index in [9.17, 15) is 0 Å². The maximum Gasteiger partial charge on any atom is 0.0394 e. The van der Waals surface area contributed by atoms with E-state index in [-0.39, 0.29) is 0 Å². The Hall–Kier alpha value is -1.09. The van der Waals surface area contributed by atoms with Gasteiger partial charge in [-0.3, -0.25) is 9.88 Å². The van der Waals surface area contributed by atoms with Gasteiger partial charge in [-0.1, -0.05) is 6.92 Å². The van der Waals surface area contributed by atoms with Gasteiger partial charge in [0.2, 0.25) is 0 Å². The molecule has 0 aliphatic carbocycles. The van der Waals surface area contributed by atoms with E-state index in [1.165, 1.54) is 12.1 Å². The van der Waals surface area contributed by atoms with Crippen molar-refractivity contribution in [2.75, 3.05) is 25.0 Å². The third-order valence-electron chi connectivity index (χ3n) is 3.58. The van der Waals surface area contributed by atoms with Crippen molar-refractivity contribution in [1.82, 2.24) is 9.88 Å². The van der Waals surface area contributed by atoms with Gasteiger partial charge in [0.25, 0.3) is 0 Å². The number of pyridine rings is 1. The lowest BCUT2D eigenvalue weighted by Gasteiger charge is -2.33. The second-order valence-corrected chi connectivity index (χ2v) is 5.19. The second-order valence-electron chi connectivity index (χ2n) is 5.19. The molecule has 1 aromatic rings. The zero-order valence-corrected chi connectivity index (χ0v) is 12.4. The summed E-state index contributed by atoms with van der Waals surface area (Å²) in [7, 11) is 2.15. The molecule has 1 atom stereocenters. The Labute approximate surface area is 112 Å². The van der Waals surface area contributed by atoms with Crippen molar-refractivity contribution in [3.8, 4) is 0 Å². The first-order chi connectivity index (χ1) is 8.56. The van der Waals surface area contributed by atoms with Crippen LogP contribution in [0.15, 0.2) is 24.5 Å². The van der Waals surface area contributed by atoms with E-state index in [0.29, 0.717) is 12.1 Å². The molecule has 0 aliphatic heterocycles. The first-order valence-electron chi connectivity index (χ1n) is 6.93. The molecule has 0 amide bonds. The topological polar surface area (TPSA) is 19.4 Å². The van der Waals surface area contributed by atoms with Crippen molar-refractivity contribution in [3.05, 3.63) is 24.5 Å². The number of nitrogens with zero attached hydrogens (tertiary/aromatic N) is 3. The van der Waals surface area contributed by atoms with Gasteiger partial charge in [-0.25, -0.2) is 0 Å². The van der Waals surface area contributed by atoms with E-state index in [1.54, 1.807) is 0 Å². The predicted molar refractivity (Wildman–Crippen MR) is 79.1 cm³/mol. The number of aromatic nitrogens is 1. The normalized spacial score (nSPS) is 13.1. The fraction of sp³-hybridized carbons (Fsp3) is 0.667. The van der Waals surface area contributed by atoms with Crippen LogP contribution in [-0.4, -0.2) is 42.1 Å². The largest absolute Gasteiger partial charge is 0.374 e. The van der Waals surface area contributed by atoms with Gasteiger partial charge in [0.05, 0.1) is 0 Å². The average Bonchev–Trinajstić information content (AvgIpc) is 2.37. The van der Waals surface area contributed by atoms with Crippen molar-refractivity contribution >= 4 is 5.69 Å². The SMILES string of the molecule is CCN(C(C)C)C(C)CCN(C)c1ccncc1. The van der Waals surface area contributed by atoms with E-state index in [0.717, 1.165) is 13.1 Å². The molecule has 0 radical (unpaired) electrons. The Kier molecular flexibility index (Phi) is 6.13. The maximum atomic E-state index is 4.05. The molecule has 0 spiro atoms. The molecule has 0 aliphatic rings. The highest BCUT2D eigenvalue weighted by molar-refractivity contribution is 5.43. The number of rotatable bonds is 7. The molecule has 0 bridgehead atoms. The minimum atomic E-state index is 0.622. The smallest absolute Gasteiger partial charge is 0.0394 e. The summed E-state index contributed by atoms with van der Waals surface area (Å²) in [6.07, 6.45) is 4.88. The Bertz CT molecular complexity index is 324. The zero-order valence-electron chi connectivity index (χ0n) is 12.4. The molecule has 3 heteroatoms. The Morgan fingerprint density at radius 1 is 1.17 bits per heavy atom. The highest BCUT2D eigenvalue weighted by atomic mass is 15.2. The lowest BCUT2D eigenvalue weighted by Crippen LogP contribution is -2.40. The van der Waals surface area contributed by atoms with Crippen molar-refractivity contribution < 1.29 is 0 Å². The van der Waals surface area contributed by atoms with Gasteiger partial charge >= 0.3 is 0 Å².